The number of rotatable bonds is 3. The van der Waals surface area contributed by atoms with E-state index in [1.807, 2.05) is 18.2 Å². The number of aliphatic hydroxyl groups is 1. The first-order chi connectivity index (χ1) is 15.8. The molecule has 5 rings (SSSR count). The molecule has 3 fully saturated rings. The van der Waals surface area contributed by atoms with Crippen LogP contribution in [0.2, 0.25) is 0 Å². The molecule has 0 amide bonds. The summed E-state index contributed by atoms with van der Waals surface area (Å²) in [6, 6.07) is 5.94. The molecular formula is C28H37NO4. The van der Waals surface area contributed by atoms with Gasteiger partial charge >= 0.3 is 0 Å². The van der Waals surface area contributed by atoms with E-state index in [2.05, 4.69) is 31.2 Å². The molecule has 2 N–H and O–H groups in total. The lowest BCUT2D eigenvalue weighted by Gasteiger charge is -2.56. The third-order valence-electron chi connectivity index (χ3n) is 9.60. The summed E-state index contributed by atoms with van der Waals surface area (Å²) in [4.78, 5) is 0. The summed E-state index contributed by atoms with van der Waals surface area (Å²) in [7, 11) is 3.29. The van der Waals surface area contributed by atoms with Crippen molar-refractivity contribution in [3.05, 3.63) is 41.0 Å². The molecular weight excluding hydrogens is 414 g/mol. The molecule has 0 aliphatic heterocycles. The molecule has 0 saturated heterocycles. The molecule has 0 bridgehead atoms. The second-order valence-corrected chi connectivity index (χ2v) is 11.0. The Balaban J connectivity index is 1.49. The number of ether oxygens (including phenoxy) is 2. The average Bonchev–Trinajstić information content (AvgIpc) is 3.10. The molecule has 0 aromatic heterocycles. The van der Waals surface area contributed by atoms with Gasteiger partial charge in [0, 0.05) is 5.41 Å². The lowest BCUT2D eigenvalue weighted by Crippen LogP contribution is -2.50. The highest BCUT2D eigenvalue weighted by molar-refractivity contribution is 6.09. The molecule has 0 radical (unpaired) electrons. The number of hydrogen-bond acceptors (Lipinski definition) is 5. The molecule has 0 heterocycles. The van der Waals surface area contributed by atoms with Gasteiger partial charge in [0.25, 0.3) is 0 Å². The third kappa shape index (κ3) is 3.42. The molecule has 5 nitrogen and oxygen atoms in total. The number of fused-ring (bicyclic) bond motifs is 5. The van der Waals surface area contributed by atoms with Crippen molar-refractivity contribution in [3.63, 3.8) is 0 Å². The van der Waals surface area contributed by atoms with Crippen molar-refractivity contribution in [2.24, 2.45) is 33.7 Å². The van der Waals surface area contributed by atoms with Crippen molar-refractivity contribution in [2.45, 2.75) is 64.9 Å². The number of hydrogen-bond donors (Lipinski definition) is 2. The fraction of sp³-hybridized carbons (Fsp3) is 0.607. The molecule has 4 aliphatic rings. The van der Waals surface area contributed by atoms with Crippen LogP contribution in [-0.4, -0.2) is 36.3 Å². The summed E-state index contributed by atoms with van der Waals surface area (Å²) in [5.41, 5.74) is 4.61. The van der Waals surface area contributed by atoms with Crippen LogP contribution in [-0.2, 0) is 0 Å². The first-order valence-corrected chi connectivity index (χ1v) is 12.4. The van der Waals surface area contributed by atoms with Crippen molar-refractivity contribution in [3.8, 4) is 11.5 Å². The van der Waals surface area contributed by atoms with E-state index >= 15 is 0 Å². The minimum atomic E-state index is -0.176. The molecule has 3 saturated carbocycles. The zero-order chi connectivity index (χ0) is 23.4. The van der Waals surface area contributed by atoms with Gasteiger partial charge in [0.1, 0.15) is 0 Å². The molecule has 5 heteroatoms. The second kappa shape index (κ2) is 8.19. The van der Waals surface area contributed by atoms with Gasteiger partial charge in [0.15, 0.2) is 11.5 Å². The van der Waals surface area contributed by atoms with Gasteiger partial charge in [-0.15, -0.1) is 0 Å². The van der Waals surface area contributed by atoms with Crippen LogP contribution in [0.1, 0.15) is 64.4 Å². The van der Waals surface area contributed by atoms with E-state index in [1.165, 1.54) is 5.57 Å². The quantitative estimate of drug-likeness (QED) is 0.343. The zero-order valence-corrected chi connectivity index (χ0v) is 20.3. The van der Waals surface area contributed by atoms with Crippen LogP contribution in [0.25, 0.3) is 6.08 Å². The standard InChI is InChI=1S/C28H37NO4/c1-27-11-9-20(30)16-19(27)6-7-21-22(27)10-12-28(2)23(21)15-18(26(28)29-31)13-17-5-8-24(32-3)25(14-17)33-4/h5-6,8,13-14,20-23,30-31H,7,9-12,15-16H2,1-4H3/t20-,21?,22?,23?,27-,28-/m0/s1. The van der Waals surface area contributed by atoms with Gasteiger partial charge in [0.2, 0.25) is 0 Å². The van der Waals surface area contributed by atoms with E-state index in [9.17, 15) is 10.3 Å². The van der Waals surface area contributed by atoms with Crippen molar-refractivity contribution >= 4 is 11.8 Å². The van der Waals surface area contributed by atoms with Gasteiger partial charge in [-0.1, -0.05) is 36.7 Å². The summed E-state index contributed by atoms with van der Waals surface area (Å²) in [5.74, 6) is 3.11. The van der Waals surface area contributed by atoms with Crippen LogP contribution in [0.3, 0.4) is 0 Å². The fourth-order valence-corrected chi connectivity index (χ4v) is 7.78. The van der Waals surface area contributed by atoms with Crippen molar-refractivity contribution in [1.82, 2.24) is 0 Å². The number of aliphatic hydroxyl groups excluding tert-OH is 1. The van der Waals surface area contributed by atoms with Gasteiger partial charge in [-0.25, -0.2) is 0 Å². The van der Waals surface area contributed by atoms with Crippen molar-refractivity contribution < 1.29 is 19.8 Å². The first-order valence-electron chi connectivity index (χ1n) is 12.4. The van der Waals surface area contributed by atoms with E-state index in [4.69, 9.17) is 9.47 Å². The predicted octanol–water partition coefficient (Wildman–Crippen LogP) is 5.85. The number of nitrogens with zero attached hydrogens (tertiary/aromatic N) is 1. The third-order valence-corrected chi connectivity index (χ3v) is 9.60. The van der Waals surface area contributed by atoms with Gasteiger partial charge in [-0.05, 0) is 97.5 Å². The summed E-state index contributed by atoms with van der Waals surface area (Å²) in [6.07, 6.45) is 11.5. The number of benzene rings is 1. The molecule has 1 aromatic carbocycles. The Kier molecular flexibility index (Phi) is 5.59. The second-order valence-electron chi connectivity index (χ2n) is 11.0. The highest BCUT2D eigenvalue weighted by atomic mass is 16.5. The Morgan fingerprint density at radius 2 is 1.76 bits per heavy atom. The van der Waals surface area contributed by atoms with Gasteiger partial charge in [0.05, 0.1) is 26.0 Å². The van der Waals surface area contributed by atoms with E-state index in [1.54, 1.807) is 14.2 Å². The Bertz CT molecular complexity index is 1030. The Morgan fingerprint density at radius 1 is 1.00 bits per heavy atom. The molecule has 4 aliphatic carbocycles. The van der Waals surface area contributed by atoms with Crippen molar-refractivity contribution in [2.75, 3.05) is 14.2 Å². The number of allylic oxidation sites excluding steroid dienone is 2. The fourth-order valence-electron chi connectivity index (χ4n) is 7.78. The van der Waals surface area contributed by atoms with Crippen LogP contribution in [0.15, 0.2) is 40.6 Å². The van der Waals surface area contributed by atoms with E-state index in [0.717, 1.165) is 61.8 Å². The highest BCUT2D eigenvalue weighted by Gasteiger charge is 2.59. The number of methoxy groups -OCH3 is 2. The molecule has 6 atom stereocenters. The normalized spacial score (nSPS) is 40.1. The van der Waals surface area contributed by atoms with Gasteiger partial charge in [-0.3, -0.25) is 0 Å². The molecule has 1 aromatic rings. The molecule has 178 valence electrons. The average molecular weight is 452 g/mol. The maximum Gasteiger partial charge on any atom is 0.161 e. The molecule has 0 spiro atoms. The smallest absolute Gasteiger partial charge is 0.161 e. The summed E-state index contributed by atoms with van der Waals surface area (Å²) in [5, 5.41) is 24.3. The molecule has 33 heavy (non-hydrogen) atoms. The van der Waals surface area contributed by atoms with Crippen LogP contribution >= 0.6 is 0 Å². The summed E-state index contributed by atoms with van der Waals surface area (Å²) < 4.78 is 10.9. The van der Waals surface area contributed by atoms with Gasteiger partial charge < -0.3 is 19.8 Å². The maximum absolute atomic E-state index is 10.3. The Morgan fingerprint density at radius 3 is 2.48 bits per heavy atom. The van der Waals surface area contributed by atoms with Crippen molar-refractivity contribution in [1.29, 1.82) is 0 Å². The SMILES string of the molecule is COc1ccc(C=C2CC3C4CC=C5C[C@@H](O)CC[C@]5(C)C4CC[C@]3(C)C2=NO)cc1OC. The topological polar surface area (TPSA) is 71.3 Å². The Hall–Kier alpha value is -2.27. The Labute approximate surface area is 197 Å². The van der Waals surface area contributed by atoms with Crippen LogP contribution in [0.5, 0.6) is 11.5 Å². The monoisotopic (exact) mass is 451 g/mol. The molecule has 3 unspecified atom stereocenters. The minimum absolute atomic E-state index is 0.103. The van der Waals surface area contributed by atoms with Crippen LogP contribution in [0.4, 0.5) is 0 Å². The highest BCUT2D eigenvalue weighted by Crippen LogP contribution is 2.65. The van der Waals surface area contributed by atoms with Gasteiger partial charge in [-0.2, -0.15) is 0 Å². The van der Waals surface area contributed by atoms with E-state index in [-0.39, 0.29) is 16.9 Å². The zero-order valence-electron chi connectivity index (χ0n) is 20.3. The lowest BCUT2D eigenvalue weighted by atomic mass is 9.48. The summed E-state index contributed by atoms with van der Waals surface area (Å²) in [6.45, 7) is 4.76. The first kappa shape index (κ1) is 22.5. The summed E-state index contributed by atoms with van der Waals surface area (Å²) >= 11 is 0. The van der Waals surface area contributed by atoms with E-state index < -0.39 is 0 Å². The van der Waals surface area contributed by atoms with Crippen LogP contribution < -0.4 is 9.47 Å². The number of oxime groups is 1. The minimum Gasteiger partial charge on any atom is -0.493 e. The van der Waals surface area contributed by atoms with E-state index in [0.29, 0.717) is 29.3 Å². The maximum atomic E-state index is 10.3. The largest absolute Gasteiger partial charge is 0.493 e. The lowest BCUT2D eigenvalue weighted by molar-refractivity contribution is -0.0206. The predicted molar refractivity (Wildman–Crippen MR) is 130 cm³/mol. The van der Waals surface area contributed by atoms with Crippen LogP contribution in [0, 0.1) is 28.6 Å².